The van der Waals surface area contributed by atoms with Crippen molar-refractivity contribution >= 4 is 47.2 Å². The van der Waals surface area contributed by atoms with Crippen molar-refractivity contribution in [3.8, 4) is 5.75 Å². The first-order valence-corrected chi connectivity index (χ1v) is 20.3. The van der Waals surface area contributed by atoms with Crippen LogP contribution < -0.4 is 31.7 Å². The van der Waals surface area contributed by atoms with Gasteiger partial charge in [0.15, 0.2) is 23.3 Å². The van der Waals surface area contributed by atoms with Crippen LogP contribution in [0.25, 0.3) is 0 Å². The molecule has 2 fully saturated rings. The Labute approximate surface area is 360 Å². The number of carbonyl (C=O) groups is 8. The zero-order chi connectivity index (χ0) is 46.9. The zero-order valence-electron chi connectivity index (χ0n) is 35.4. The number of nitrogens with zero attached hydrogens (tertiary/aromatic N) is 1. The molecular weight excluding hydrogens is 840 g/mol. The number of amides is 6. The van der Waals surface area contributed by atoms with Gasteiger partial charge in [-0.2, -0.15) is 0 Å². The van der Waals surface area contributed by atoms with Crippen molar-refractivity contribution in [3.63, 3.8) is 0 Å². The molecule has 1 saturated carbocycles. The van der Waals surface area contributed by atoms with Gasteiger partial charge in [0.1, 0.15) is 29.4 Å². The first-order valence-electron chi connectivity index (χ1n) is 20.3. The number of benzene rings is 2. The van der Waals surface area contributed by atoms with Crippen LogP contribution in [0.5, 0.6) is 5.75 Å². The Balaban J connectivity index is 1.58. The number of nitrogens with two attached hydrogens (primary N) is 1. The molecule has 2 aromatic carbocycles. The van der Waals surface area contributed by atoms with Gasteiger partial charge in [-0.25, -0.2) is 22.4 Å². The summed E-state index contributed by atoms with van der Waals surface area (Å²) in [5.41, 5.74) is 1.49. The fourth-order valence-corrected chi connectivity index (χ4v) is 7.74. The van der Waals surface area contributed by atoms with Crippen LogP contribution in [-0.2, 0) is 33.5 Å². The molecule has 17 nitrogen and oxygen atoms in total. The molecule has 1 aliphatic heterocycles. The number of halogens is 4. The average Bonchev–Trinajstić information content (AvgIpc) is 3.66. The van der Waals surface area contributed by atoms with E-state index >= 15 is 4.39 Å². The van der Waals surface area contributed by atoms with E-state index in [1.165, 1.54) is 19.2 Å². The van der Waals surface area contributed by atoms with Gasteiger partial charge in [0.25, 0.3) is 11.8 Å². The van der Waals surface area contributed by atoms with Crippen LogP contribution in [-0.4, -0.2) is 107 Å². The van der Waals surface area contributed by atoms with Crippen LogP contribution >= 0.6 is 0 Å². The summed E-state index contributed by atoms with van der Waals surface area (Å²) in [6.07, 6.45) is 1.73. The van der Waals surface area contributed by atoms with Crippen molar-refractivity contribution in [1.82, 2.24) is 26.2 Å². The van der Waals surface area contributed by atoms with Crippen molar-refractivity contribution in [2.75, 3.05) is 20.2 Å². The summed E-state index contributed by atoms with van der Waals surface area (Å²) in [5, 5.41) is 18.8. The van der Waals surface area contributed by atoms with Crippen molar-refractivity contribution in [1.29, 1.82) is 0 Å². The topological polar surface area (TPSA) is 253 Å². The van der Waals surface area contributed by atoms with Gasteiger partial charge in [0.05, 0.1) is 37.0 Å². The fraction of sp³-hybridized carbons (Fsp3) is 0.524. The number of aromatic carboxylic acids is 1. The summed E-state index contributed by atoms with van der Waals surface area (Å²) in [6, 6.07) is 0.308. The Morgan fingerprint density at radius 2 is 1.54 bits per heavy atom. The van der Waals surface area contributed by atoms with E-state index in [4.69, 9.17) is 15.2 Å². The molecule has 0 aromatic heterocycles. The maximum absolute atomic E-state index is 15.1. The Kier molecular flexibility index (Phi) is 16.8. The second-order valence-corrected chi connectivity index (χ2v) is 16.3. The van der Waals surface area contributed by atoms with Crippen LogP contribution in [0.1, 0.15) is 111 Å². The number of hydrogen-bond acceptors (Lipinski definition) is 10. The van der Waals surface area contributed by atoms with E-state index in [1.807, 2.05) is 0 Å². The predicted octanol–water partition coefficient (Wildman–Crippen LogP) is 2.73. The number of ether oxygens (including phenoxy) is 2. The third-order valence-corrected chi connectivity index (χ3v) is 10.6. The van der Waals surface area contributed by atoms with Gasteiger partial charge in [-0.05, 0) is 63.6 Å². The molecule has 63 heavy (non-hydrogen) atoms. The minimum Gasteiger partial charge on any atom is -0.497 e. The van der Waals surface area contributed by atoms with Crippen molar-refractivity contribution in [3.05, 3.63) is 64.2 Å². The quantitative estimate of drug-likeness (QED) is 0.0549. The number of carboxylic acids is 1. The summed E-state index contributed by atoms with van der Waals surface area (Å²) in [5.74, 6) is -20.0. The molecular formula is C42H52F4N6O11. The lowest BCUT2D eigenvalue weighted by Crippen LogP contribution is -2.58. The number of likely N-dealkylation sites (tertiary alicyclic amines) is 1. The number of ketones is 1. The largest absolute Gasteiger partial charge is 0.497 e. The van der Waals surface area contributed by atoms with Crippen LogP contribution in [0.2, 0.25) is 0 Å². The van der Waals surface area contributed by atoms with Gasteiger partial charge < -0.3 is 46.5 Å². The van der Waals surface area contributed by atoms with E-state index in [9.17, 15) is 56.6 Å². The van der Waals surface area contributed by atoms with E-state index < -0.39 is 130 Å². The van der Waals surface area contributed by atoms with Crippen LogP contribution in [0.3, 0.4) is 0 Å². The van der Waals surface area contributed by atoms with Crippen LogP contribution in [0.15, 0.2) is 24.3 Å². The van der Waals surface area contributed by atoms with Gasteiger partial charge >= 0.3 is 5.97 Å². The number of primary amides is 1. The second kappa shape index (κ2) is 21.3. The Morgan fingerprint density at radius 3 is 2.11 bits per heavy atom. The van der Waals surface area contributed by atoms with Crippen molar-refractivity contribution < 1.29 is 70.5 Å². The van der Waals surface area contributed by atoms with Crippen LogP contribution in [0, 0.1) is 29.2 Å². The van der Waals surface area contributed by atoms with E-state index in [0.717, 1.165) is 11.3 Å². The third-order valence-electron chi connectivity index (χ3n) is 10.6. The van der Waals surface area contributed by atoms with Crippen molar-refractivity contribution in [2.45, 2.75) is 115 Å². The standard InChI is InChI=1S/C42H52F4N6O11/c1-6-11-24(35(54)39(58)48-18-26(53)50-33(36(47)55)21-14-10-15-22(16-21)62-5)49-37(56)25-17-23(63-42(2,3)4)19-52(25)40(59)34(20-12-8-7-9-13-20)51-38(57)27-28(41(60)61)30(44)32(46)31(45)29(27)43/h10,14-16,20,23-25,33-34H,6-9,11-13,17-19H2,1-5H3,(H2,47,55)(H,48,58)(H,49,56)(H,50,53)(H,51,57)(H,60,61)/t23-,24?,25+,33?,34+/m1/s1. The molecule has 2 unspecified atom stereocenters. The second-order valence-electron chi connectivity index (χ2n) is 16.3. The third kappa shape index (κ3) is 12.3. The SMILES string of the molecule is CCCC(NC(=O)[C@@H]1C[C@@H](OC(C)(C)C)CN1C(=O)[C@@H](NC(=O)c1c(F)c(F)c(F)c(F)c1C(=O)O)C1CCCCC1)C(=O)C(=O)NCC(=O)NC(C(N)=O)c1cccc(OC)c1. The smallest absolute Gasteiger partial charge is 0.339 e. The summed E-state index contributed by atoms with van der Waals surface area (Å²) in [7, 11) is 1.40. The molecule has 5 atom stereocenters. The number of Topliss-reactive ketones (excluding diaryl/α,β-unsaturated/α-hetero) is 1. The highest BCUT2D eigenvalue weighted by Gasteiger charge is 2.47. The van der Waals surface area contributed by atoms with Crippen molar-refractivity contribution in [2.24, 2.45) is 11.7 Å². The Bertz CT molecular complexity index is 2110. The Morgan fingerprint density at radius 1 is 0.905 bits per heavy atom. The lowest BCUT2D eigenvalue weighted by molar-refractivity contribution is -0.143. The minimum atomic E-state index is -2.46. The number of carbonyl (C=O) groups excluding carboxylic acids is 7. The average molecular weight is 893 g/mol. The summed E-state index contributed by atoms with van der Waals surface area (Å²) >= 11 is 0. The number of nitrogens with one attached hydrogen (secondary N) is 4. The molecule has 0 spiro atoms. The maximum atomic E-state index is 15.1. The first-order chi connectivity index (χ1) is 29.6. The molecule has 2 aliphatic rings. The molecule has 1 heterocycles. The van der Waals surface area contributed by atoms with E-state index in [1.54, 1.807) is 39.8 Å². The highest BCUT2D eigenvalue weighted by Crippen LogP contribution is 2.32. The van der Waals surface area contributed by atoms with E-state index in [2.05, 4.69) is 21.3 Å². The molecule has 0 bridgehead atoms. The molecule has 1 saturated heterocycles. The molecule has 4 rings (SSSR count). The maximum Gasteiger partial charge on any atom is 0.339 e. The molecule has 344 valence electrons. The predicted molar refractivity (Wildman–Crippen MR) is 214 cm³/mol. The molecule has 1 aliphatic carbocycles. The Hall–Kier alpha value is -6.12. The lowest BCUT2D eigenvalue weighted by atomic mass is 9.83. The van der Waals surface area contributed by atoms with Gasteiger partial charge in [-0.3, -0.25) is 33.6 Å². The van der Waals surface area contributed by atoms with E-state index in [0.29, 0.717) is 31.4 Å². The minimum absolute atomic E-state index is 0.0740. The number of hydrogen-bond donors (Lipinski definition) is 6. The van der Waals surface area contributed by atoms with Gasteiger partial charge in [-0.15, -0.1) is 0 Å². The first kappa shape index (κ1) is 49.5. The van der Waals surface area contributed by atoms with Gasteiger partial charge in [0, 0.05) is 13.0 Å². The molecule has 6 amide bonds. The number of rotatable bonds is 18. The number of carboxylic acid groups (broad SMARTS) is 1. The van der Waals surface area contributed by atoms with Crippen LogP contribution in [0.4, 0.5) is 17.6 Å². The fourth-order valence-electron chi connectivity index (χ4n) is 7.74. The molecule has 7 N–H and O–H groups in total. The van der Waals surface area contributed by atoms with Gasteiger partial charge in [-0.1, -0.05) is 44.7 Å². The van der Waals surface area contributed by atoms with E-state index in [-0.39, 0.29) is 31.4 Å². The molecule has 21 heteroatoms. The highest BCUT2D eigenvalue weighted by molar-refractivity contribution is 6.38. The normalized spacial score (nSPS) is 18.1. The highest BCUT2D eigenvalue weighted by atomic mass is 19.2. The molecule has 2 aromatic rings. The number of methoxy groups -OCH3 is 1. The zero-order valence-corrected chi connectivity index (χ0v) is 35.4. The molecule has 0 radical (unpaired) electrons. The summed E-state index contributed by atoms with van der Waals surface area (Å²) < 4.78 is 69.5. The summed E-state index contributed by atoms with van der Waals surface area (Å²) in [4.78, 5) is 107. The summed E-state index contributed by atoms with van der Waals surface area (Å²) in [6.45, 7) is 5.78. The monoisotopic (exact) mass is 892 g/mol. The lowest BCUT2D eigenvalue weighted by Gasteiger charge is -2.35. The van der Waals surface area contributed by atoms with Gasteiger partial charge in [0.2, 0.25) is 29.4 Å².